The quantitative estimate of drug-likeness (QED) is 0.575. The third-order valence-corrected chi connectivity index (χ3v) is 2.41. The van der Waals surface area contributed by atoms with Gasteiger partial charge in [-0.15, -0.1) is 0 Å². The highest BCUT2D eigenvalue weighted by Gasteiger charge is 2.06. The standard InChI is InChI=1S/C13H20N2O3/c1-3-4-7-18-9-13(16)15-12-8-10(17-2)5-6-11(12)14/h5-6,8H,3-4,7,9,14H2,1-2H3,(H,15,16). The molecule has 5 nitrogen and oxygen atoms in total. The van der Waals surface area contributed by atoms with Crippen LogP contribution in [-0.2, 0) is 9.53 Å². The summed E-state index contributed by atoms with van der Waals surface area (Å²) in [6, 6.07) is 5.11. The lowest BCUT2D eigenvalue weighted by Gasteiger charge is -2.10. The smallest absolute Gasteiger partial charge is 0.250 e. The number of ether oxygens (including phenoxy) is 2. The minimum atomic E-state index is -0.217. The lowest BCUT2D eigenvalue weighted by Crippen LogP contribution is -2.19. The van der Waals surface area contributed by atoms with Crippen LogP contribution in [0.15, 0.2) is 18.2 Å². The van der Waals surface area contributed by atoms with Crippen LogP contribution in [0, 0.1) is 0 Å². The number of nitrogens with one attached hydrogen (secondary N) is 1. The number of benzene rings is 1. The Kier molecular flexibility index (Phi) is 6.00. The minimum Gasteiger partial charge on any atom is -0.497 e. The average Bonchev–Trinajstić information content (AvgIpc) is 2.37. The Balaban J connectivity index is 2.48. The molecule has 0 aliphatic rings. The van der Waals surface area contributed by atoms with Gasteiger partial charge < -0.3 is 20.5 Å². The number of carbonyl (C=O) groups is 1. The fourth-order valence-electron chi connectivity index (χ4n) is 1.37. The van der Waals surface area contributed by atoms with E-state index in [9.17, 15) is 4.79 Å². The van der Waals surface area contributed by atoms with Gasteiger partial charge in [-0.3, -0.25) is 4.79 Å². The van der Waals surface area contributed by atoms with Crippen LogP contribution in [0.5, 0.6) is 5.75 Å². The largest absolute Gasteiger partial charge is 0.497 e. The van der Waals surface area contributed by atoms with Crippen LogP contribution in [0.3, 0.4) is 0 Å². The molecule has 18 heavy (non-hydrogen) atoms. The lowest BCUT2D eigenvalue weighted by atomic mass is 10.2. The summed E-state index contributed by atoms with van der Waals surface area (Å²) in [6.45, 7) is 2.70. The van der Waals surface area contributed by atoms with E-state index in [4.69, 9.17) is 15.2 Å². The van der Waals surface area contributed by atoms with Gasteiger partial charge in [0.05, 0.1) is 18.5 Å². The lowest BCUT2D eigenvalue weighted by molar-refractivity contribution is -0.120. The van der Waals surface area contributed by atoms with E-state index in [1.54, 1.807) is 25.3 Å². The van der Waals surface area contributed by atoms with E-state index in [0.717, 1.165) is 12.8 Å². The second kappa shape index (κ2) is 7.55. The molecule has 0 spiro atoms. The highest BCUT2D eigenvalue weighted by atomic mass is 16.5. The first-order valence-corrected chi connectivity index (χ1v) is 5.98. The summed E-state index contributed by atoms with van der Waals surface area (Å²) in [6.07, 6.45) is 2.00. The van der Waals surface area contributed by atoms with Crippen molar-refractivity contribution in [3.8, 4) is 5.75 Å². The number of anilines is 2. The Morgan fingerprint density at radius 3 is 2.89 bits per heavy atom. The van der Waals surface area contributed by atoms with Gasteiger partial charge in [-0.1, -0.05) is 13.3 Å². The summed E-state index contributed by atoms with van der Waals surface area (Å²) in [5.74, 6) is 0.428. The summed E-state index contributed by atoms with van der Waals surface area (Å²) < 4.78 is 10.3. The Hall–Kier alpha value is -1.75. The number of carbonyl (C=O) groups excluding carboxylic acids is 1. The number of unbranched alkanes of at least 4 members (excludes halogenated alkanes) is 1. The molecule has 0 bridgehead atoms. The molecule has 0 saturated heterocycles. The van der Waals surface area contributed by atoms with Crippen molar-refractivity contribution in [3.63, 3.8) is 0 Å². The fraction of sp³-hybridized carbons (Fsp3) is 0.462. The summed E-state index contributed by atoms with van der Waals surface area (Å²) in [5.41, 5.74) is 6.80. The topological polar surface area (TPSA) is 73.6 Å². The second-order valence-corrected chi connectivity index (χ2v) is 3.91. The number of nitrogen functional groups attached to an aromatic ring is 1. The Morgan fingerprint density at radius 2 is 2.22 bits per heavy atom. The van der Waals surface area contributed by atoms with Crippen LogP contribution < -0.4 is 15.8 Å². The maximum Gasteiger partial charge on any atom is 0.250 e. The number of hydrogen-bond donors (Lipinski definition) is 2. The zero-order valence-corrected chi connectivity index (χ0v) is 10.9. The summed E-state index contributed by atoms with van der Waals surface area (Å²) in [4.78, 5) is 11.6. The molecule has 1 aromatic carbocycles. The molecule has 100 valence electrons. The predicted molar refractivity (Wildman–Crippen MR) is 71.8 cm³/mol. The molecule has 0 fully saturated rings. The van der Waals surface area contributed by atoms with E-state index in [2.05, 4.69) is 12.2 Å². The maximum atomic E-state index is 11.6. The summed E-state index contributed by atoms with van der Waals surface area (Å²) in [5, 5.41) is 2.69. The number of rotatable bonds is 7. The molecule has 1 rings (SSSR count). The van der Waals surface area contributed by atoms with Crippen molar-refractivity contribution in [3.05, 3.63) is 18.2 Å². The molecule has 1 amide bonds. The van der Waals surface area contributed by atoms with Crippen LogP contribution in [0.1, 0.15) is 19.8 Å². The minimum absolute atomic E-state index is 0.0383. The van der Waals surface area contributed by atoms with Crippen LogP contribution >= 0.6 is 0 Å². The average molecular weight is 252 g/mol. The second-order valence-electron chi connectivity index (χ2n) is 3.91. The molecule has 0 radical (unpaired) electrons. The van der Waals surface area contributed by atoms with Crippen molar-refractivity contribution in [1.29, 1.82) is 0 Å². The van der Waals surface area contributed by atoms with Gasteiger partial charge in [0, 0.05) is 12.7 Å². The summed E-state index contributed by atoms with van der Waals surface area (Å²) >= 11 is 0. The molecular weight excluding hydrogens is 232 g/mol. The molecule has 5 heteroatoms. The van der Waals surface area contributed by atoms with Crippen molar-refractivity contribution in [2.24, 2.45) is 0 Å². The maximum absolute atomic E-state index is 11.6. The Labute approximate surface area is 107 Å². The van der Waals surface area contributed by atoms with Crippen molar-refractivity contribution < 1.29 is 14.3 Å². The third-order valence-electron chi connectivity index (χ3n) is 2.41. The van der Waals surface area contributed by atoms with E-state index in [1.807, 2.05) is 0 Å². The first-order chi connectivity index (χ1) is 8.67. The van der Waals surface area contributed by atoms with Crippen LogP contribution in [0.4, 0.5) is 11.4 Å². The van der Waals surface area contributed by atoms with E-state index in [1.165, 1.54) is 0 Å². The van der Waals surface area contributed by atoms with Gasteiger partial charge in [-0.05, 0) is 18.6 Å². The van der Waals surface area contributed by atoms with E-state index < -0.39 is 0 Å². The van der Waals surface area contributed by atoms with Gasteiger partial charge in [0.15, 0.2) is 0 Å². The number of methoxy groups -OCH3 is 1. The highest BCUT2D eigenvalue weighted by molar-refractivity contribution is 5.94. The normalized spacial score (nSPS) is 10.1. The van der Waals surface area contributed by atoms with Crippen molar-refractivity contribution in [2.45, 2.75) is 19.8 Å². The Morgan fingerprint density at radius 1 is 1.44 bits per heavy atom. The number of amides is 1. The predicted octanol–water partition coefficient (Wildman–Crippen LogP) is 2.03. The van der Waals surface area contributed by atoms with Gasteiger partial charge >= 0.3 is 0 Å². The molecule has 3 N–H and O–H groups in total. The highest BCUT2D eigenvalue weighted by Crippen LogP contribution is 2.24. The first kappa shape index (κ1) is 14.3. The molecular formula is C13H20N2O3. The van der Waals surface area contributed by atoms with Gasteiger partial charge in [-0.2, -0.15) is 0 Å². The van der Waals surface area contributed by atoms with E-state index in [0.29, 0.717) is 23.7 Å². The van der Waals surface area contributed by atoms with Gasteiger partial charge in [-0.25, -0.2) is 0 Å². The first-order valence-electron chi connectivity index (χ1n) is 5.98. The zero-order chi connectivity index (χ0) is 13.4. The van der Waals surface area contributed by atoms with E-state index >= 15 is 0 Å². The monoisotopic (exact) mass is 252 g/mol. The molecule has 0 aliphatic heterocycles. The molecule has 0 heterocycles. The van der Waals surface area contributed by atoms with Crippen LogP contribution in [0.25, 0.3) is 0 Å². The molecule has 1 aromatic rings. The van der Waals surface area contributed by atoms with Gasteiger partial charge in [0.1, 0.15) is 12.4 Å². The zero-order valence-electron chi connectivity index (χ0n) is 10.9. The molecule has 0 aliphatic carbocycles. The Bertz CT molecular complexity index is 394. The van der Waals surface area contributed by atoms with Crippen LogP contribution in [0.2, 0.25) is 0 Å². The molecule has 0 saturated carbocycles. The summed E-state index contributed by atoms with van der Waals surface area (Å²) in [7, 11) is 1.56. The fourth-order valence-corrected chi connectivity index (χ4v) is 1.37. The van der Waals surface area contributed by atoms with Crippen LogP contribution in [-0.4, -0.2) is 26.2 Å². The molecule has 0 aromatic heterocycles. The van der Waals surface area contributed by atoms with E-state index in [-0.39, 0.29) is 12.5 Å². The molecule has 0 atom stereocenters. The SMILES string of the molecule is CCCCOCC(=O)Nc1cc(OC)ccc1N. The number of hydrogen-bond acceptors (Lipinski definition) is 4. The van der Waals surface area contributed by atoms with Crippen molar-refractivity contribution >= 4 is 17.3 Å². The van der Waals surface area contributed by atoms with Crippen molar-refractivity contribution in [2.75, 3.05) is 31.4 Å². The van der Waals surface area contributed by atoms with Crippen molar-refractivity contribution in [1.82, 2.24) is 0 Å². The molecule has 0 unspecified atom stereocenters. The number of nitrogens with two attached hydrogens (primary N) is 1. The third kappa shape index (κ3) is 4.63. The van der Waals surface area contributed by atoms with Gasteiger partial charge in [0.2, 0.25) is 5.91 Å². The van der Waals surface area contributed by atoms with Gasteiger partial charge in [0.25, 0.3) is 0 Å².